The zero-order valence-electron chi connectivity index (χ0n) is 15.5. The third kappa shape index (κ3) is 4.15. The van der Waals surface area contributed by atoms with Gasteiger partial charge >= 0.3 is 0 Å². The van der Waals surface area contributed by atoms with Crippen LogP contribution in [0, 0.1) is 13.8 Å². The molecule has 3 aromatic heterocycles. The van der Waals surface area contributed by atoms with Gasteiger partial charge in [-0.25, -0.2) is 0 Å². The fourth-order valence-electron chi connectivity index (χ4n) is 3.15. The summed E-state index contributed by atoms with van der Waals surface area (Å²) in [6, 6.07) is 13.1. The van der Waals surface area contributed by atoms with E-state index in [0.717, 1.165) is 24.3 Å². The maximum Gasteiger partial charge on any atom is 0.0639 e. The highest BCUT2D eigenvalue weighted by molar-refractivity contribution is 5.35. The van der Waals surface area contributed by atoms with E-state index in [9.17, 15) is 0 Å². The van der Waals surface area contributed by atoms with Gasteiger partial charge in [-0.3, -0.25) is 14.9 Å². The number of hydrogen-bond donors (Lipinski definition) is 0. The molecule has 3 heterocycles. The second kappa shape index (κ2) is 7.62. The predicted molar refractivity (Wildman–Crippen MR) is 102 cm³/mol. The monoisotopic (exact) mass is 334 g/mol. The Labute approximate surface area is 150 Å². The molecule has 3 aromatic rings. The Balaban J connectivity index is 1.74. The summed E-state index contributed by atoms with van der Waals surface area (Å²) in [4.78, 5) is 11.1. The van der Waals surface area contributed by atoms with Crippen LogP contribution in [0.4, 0.5) is 0 Å². The lowest BCUT2D eigenvalue weighted by atomic mass is 10.1. The first kappa shape index (κ1) is 17.4. The molecule has 0 N–H and O–H groups in total. The Morgan fingerprint density at radius 2 is 1.96 bits per heavy atom. The van der Waals surface area contributed by atoms with Crippen molar-refractivity contribution in [1.82, 2.24) is 19.4 Å². The lowest BCUT2D eigenvalue weighted by Crippen LogP contribution is -2.31. The number of likely N-dealkylation sites (N-methyl/N-ethyl adjacent to an activating group) is 1. The molecular formula is C21H26N4. The molecule has 0 fully saturated rings. The molecule has 3 rings (SSSR count). The van der Waals surface area contributed by atoms with Crippen molar-refractivity contribution < 1.29 is 0 Å². The molecule has 4 nitrogen and oxygen atoms in total. The third-order valence-corrected chi connectivity index (χ3v) is 4.70. The van der Waals surface area contributed by atoms with Crippen molar-refractivity contribution in [3.05, 3.63) is 77.6 Å². The first-order chi connectivity index (χ1) is 12.0. The van der Waals surface area contributed by atoms with Gasteiger partial charge in [-0.15, -0.1) is 0 Å². The first-order valence-electron chi connectivity index (χ1n) is 8.74. The van der Waals surface area contributed by atoms with Gasteiger partial charge in [0.1, 0.15) is 0 Å². The third-order valence-electron chi connectivity index (χ3n) is 4.70. The van der Waals surface area contributed by atoms with Crippen LogP contribution in [-0.2, 0) is 13.0 Å². The number of aryl methyl sites for hydroxylation is 2. The highest BCUT2D eigenvalue weighted by Gasteiger charge is 2.15. The number of nitrogens with zero attached hydrogens (tertiary/aromatic N) is 4. The Morgan fingerprint density at radius 1 is 1.12 bits per heavy atom. The molecule has 0 aliphatic carbocycles. The lowest BCUT2D eigenvalue weighted by molar-refractivity contribution is 0.243. The van der Waals surface area contributed by atoms with Crippen molar-refractivity contribution in [3.8, 4) is 5.69 Å². The van der Waals surface area contributed by atoms with Crippen LogP contribution in [0.1, 0.15) is 29.6 Å². The Morgan fingerprint density at radius 3 is 2.68 bits per heavy atom. The highest BCUT2D eigenvalue weighted by Crippen LogP contribution is 2.18. The standard InChI is InChI=1S/C21H26N4/c1-16-9-11-23-19(12-16)13-18(3)24(4)15-21-8-7-17(2)25(21)20-6-5-10-22-14-20/h5-12,14,18H,13,15H2,1-4H3. The quantitative estimate of drug-likeness (QED) is 0.684. The van der Waals surface area contributed by atoms with E-state index in [4.69, 9.17) is 0 Å². The van der Waals surface area contributed by atoms with Gasteiger partial charge in [0.05, 0.1) is 11.9 Å². The van der Waals surface area contributed by atoms with Crippen LogP contribution in [0.2, 0.25) is 0 Å². The molecule has 25 heavy (non-hydrogen) atoms. The number of pyridine rings is 2. The summed E-state index contributed by atoms with van der Waals surface area (Å²) in [7, 11) is 2.18. The van der Waals surface area contributed by atoms with Crippen molar-refractivity contribution in [3.63, 3.8) is 0 Å². The van der Waals surface area contributed by atoms with Crippen molar-refractivity contribution in [2.24, 2.45) is 0 Å². The van der Waals surface area contributed by atoms with E-state index in [0.29, 0.717) is 6.04 Å². The lowest BCUT2D eigenvalue weighted by Gasteiger charge is -2.25. The minimum atomic E-state index is 0.409. The van der Waals surface area contributed by atoms with Crippen LogP contribution in [-0.4, -0.2) is 32.5 Å². The number of aromatic nitrogens is 3. The van der Waals surface area contributed by atoms with Gasteiger partial charge < -0.3 is 4.57 Å². The molecule has 0 saturated carbocycles. The topological polar surface area (TPSA) is 34.0 Å². The smallest absolute Gasteiger partial charge is 0.0639 e. The minimum Gasteiger partial charge on any atom is -0.315 e. The summed E-state index contributed by atoms with van der Waals surface area (Å²) in [5.41, 5.74) is 6.03. The average Bonchev–Trinajstić information content (AvgIpc) is 2.96. The van der Waals surface area contributed by atoms with E-state index in [1.165, 1.54) is 17.0 Å². The van der Waals surface area contributed by atoms with Crippen LogP contribution in [0.3, 0.4) is 0 Å². The summed E-state index contributed by atoms with van der Waals surface area (Å²) in [6.45, 7) is 7.39. The first-order valence-corrected chi connectivity index (χ1v) is 8.74. The Kier molecular flexibility index (Phi) is 5.29. The minimum absolute atomic E-state index is 0.409. The van der Waals surface area contributed by atoms with Crippen LogP contribution >= 0.6 is 0 Å². The SMILES string of the molecule is Cc1ccnc(CC(C)N(C)Cc2ccc(C)n2-c2cccnc2)c1. The summed E-state index contributed by atoms with van der Waals surface area (Å²) >= 11 is 0. The molecular weight excluding hydrogens is 308 g/mol. The van der Waals surface area contributed by atoms with Crippen molar-refractivity contribution in [2.75, 3.05) is 7.05 Å². The van der Waals surface area contributed by atoms with Crippen LogP contribution in [0.15, 0.2) is 55.0 Å². The zero-order chi connectivity index (χ0) is 17.8. The largest absolute Gasteiger partial charge is 0.315 e. The van der Waals surface area contributed by atoms with Crippen molar-refractivity contribution >= 4 is 0 Å². The molecule has 1 unspecified atom stereocenters. The van der Waals surface area contributed by atoms with Gasteiger partial charge in [0, 0.05) is 48.5 Å². The fraction of sp³-hybridized carbons (Fsp3) is 0.333. The van der Waals surface area contributed by atoms with Gasteiger partial charge in [-0.2, -0.15) is 0 Å². The van der Waals surface area contributed by atoms with Crippen LogP contribution in [0.5, 0.6) is 0 Å². The van der Waals surface area contributed by atoms with Crippen LogP contribution in [0.25, 0.3) is 5.69 Å². The van der Waals surface area contributed by atoms with E-state index < -0.39 is 0 Å². The van der Waals surface area contributed by atoms with Crippen LogP contribution < -0.4 is 0 Å². The molecule has 1 atom stereocenters. The molecule has 4 heteroatoms. The molecule has 0 saturated heterocycles. The normalized spacial score (nSPS) is 12.5. The summed E-state index contributed by atoms with van der Waals surface area (Å²) in [6.07, 6.45) is 6.57. The Bertz CT molecular complexity index is 823. The second-order valence-corrected chi connectivity index (χ2v) is 6.81. The van der Waals surface area contributed by atoms with E-state index in [2.05, 4.69) is 71.5 Å². The van der Waals surface area contributed by atoms with Gasteiger partial charge in [0.15, 0.2) is 0 Å². The van der Waals surface area contributed by atoms with Gasteiger partial charge in [0.25, 0.3) is 0 Å². The van der Waals surface area contributed by atoms with Gasteiger partial charge in [-0.1, -0.05) is 0 Å². The van der Waals surface area contributed by atoms with Gasteiger partial charge in [0.2, 0.25) is 0 Å². The second-order valence-electron chi connectivity index (χ2n) is 6.81. The molecule has 0 aliphatic rings. The summed E-state index contributed by atoms with van der Waals surface area (Å²) < 4.78 is 2.28. The Hall–Kier alpha value is -2.46. The molecule has 0 amide bonds. The van der Waals surface area contributed by atoms with E-state index >= 15 is 0 Å². The van der Waals surface area contributed by atoms with Gasteiger partial charge in [-0.05, 0) is 69.8 Å². The molecule has 130 valence electrons. The molecule has 0 spiro atoms. The zero-order valence-corrected chi connectivity index (χ0v) is 15.5. The molecule has 0 aromatic carbocycles. The molecule has 0 radical (unpaired) electrons. The summed E-state index contributed by atoms with van der Waals surface area (Å²) in [5, 5.41) is 0. The maximum absolute atomic E-state index is 4.50. The molecule has 0 bridgehead atoms. The van der Waals surface area contributed by atoms with E-state index in [1.54, 1.807) is 0 Å². The van der Waals surface area contributed by atoms with E-state index in [1.807, 2.05) is 30.7 Å². The van der Waals surface area contributed by atoms with Crippen molar-refractivity contribution in [2.45, 2.75) is 39.8 Å². The number of hydrogen-bond acceptors (Lipinski definition) is 3. The predicted octanol–water partition coefficient (Wildman–Crippen LogP) is 3.95. The molecule has 0 aliphatic heterocycles. The number of rotatable bonds is 6. The fourth-order valence-corrected chi connectivity index (χ4v) is 3.15. The average molecular weight is 334 g/mol. The summed E-state index contributed by atoms with van der Waals surface area (Å²) in [5.74, 6) is 0. The maximum atomic E-state index is 4.50. The van der Waals surface area contributed by atoms with Crippen molar-refractivity contribution in [1.29, 1.82) is 0 Å². The van der Waals surface area contributed by atoms with E-state index in [-0.39, 0.29) is 0 Å². The highest BCUT2D eigenvalue weighted by atomic mass is 15.1.